The number of aldehydes is 1. The van der Waals surface area contributed by atoms with Gasteiger partial charge in [0.1, 0.15) is 12.1 Å². The maximum Gasteiger partial charge on any atom is 0.404 e. The summed E-state index contributed by atoms with van der Waals surface area (Å²) in [4.78, 5) is 53.6. The number of carbonyl (C=O) groups is 2. The van der Waals surface area contributed by atoms with Gasteiger partial charge in [0.15, 0.2) is 5.65 Å². The quantitative estimate of drug-likeness (QED) is 0.330. The largest absolute Gasteiger partial charge is 0.465 e. The van der Waals surface area contributed by atoms with E-state index < -0.39 is 29.2 Å². The van der Waals surface area contributed by atoms with Gasteiger partial charge in [0.2, 0.25) is 0 Å². The minimum Gasteiger partial charge on any atom is -0.465 e. The molecule has 0 spiro atoms. The molecule has 2 N–H and O–H groups in total. The summed E-state index contributed by atoms with van der Waals surface area (Å²) in [6.07, 6.45) is 2.33. The highest BCUT2D eigenvalue weighted by Gasteiger charge is 2.28. The third kappa shape index (κ3) is 4.76. The Labute approximate surface area is 223 Å². The van der Waals surface area contributed by atoms with Crippen molar-refractivity contribution in [3.8, 4) is 16.8 Å². The fourth-order valence-electron chi connectivity index (χ4n) is 5.04. The van der Waals surface area contributed by atoms with Crippen LogP contribution in [0.1, 0.15) is 42.1 Å². The lowest BCUT2D eigenvalue weighted by atomic mass is 9.91. The van der Waals surface area contributed by atoms with Crippen LogP contribution in [0.25, 0.3) is 27.8 Å². The molecule has 0 bridgehead atoms. The van der Waals surface area contributed by atoms with E-state index >= 15 is 0 Å². The number of hydrogen-bond acceptors (Lipinski definition) is 5. The van der Waals surface area contributed by atoms with Crippen molar-refractivity contribution in [1.82, 2.24) is 19.4 Å². The van der Waals surface area contributed by atoms with E-state index in [0.717, 1.165) is 34.2 Å². The van der Waals surface area contributed by atoms with Crippen molar-refractivity contribution in [3.63, 3.8) is 0 Å². The average Bonchev–Trinajstić information content (AvgIpc) is 2.90. The molecule has 11 heteroatoms. The van der Waals surface area contributed by atoms with Gasteiger partial charge in [0, 0.05) is 22.1 Å². The molecular weight excluding hydrogens is 559 g/mol. The van der Waals surface area contributed by atoms with Crippen LogP contribution in [0.4, 0.5) is 9.18 Å². The summed E-state index contributed by atoms with van der Waals surface area (Å²) in [5.74, 6) is -0.700. The summed E-state index contributed by atoms with van der Waals surface area (Å²) in [7, 11) is 0. The van der Waals surface area contributed by atoms with Crippen LogP contribution in [0.3, 0.4) is 0 Å². The molecule has 38 heavy (non-hydrogen) atoms. The normalized spacial score (nSPS) is 17.3. The maximum atomic E-state index is 14.2. The van der Waals surface area contributed by atoms with Gasteiger partial charge in [-0.3, -0.25) is 14.2 Å². The summed E-state index contributed by atoms with van der Waals surface area (Å²) in [5.41, 5.74) is 1.25. The minimum atomic E-state index is -1.12. The van der Waals surface area contributed by atoms with Gasteiger partial charge in [-0.25, -0.2) is 23.5 Å². The zero-order valence-corrected chi connectivity index (χ0v) is 21.5. The number of nitrogens with one attached hydrogen (secondary N) is 1. The lowest BCUT2D eigenvalue weighted by Crippen LogP contribution is -2.45. The first-order valence-electron chi connectivity index (χ1n) is 11.9. The van der Waals surface area contributed by atoms with Crippen LogP contribution in [0.2, 0.25) is 0 Å². The molecule has 194 valence electrons. The molecule has 1 aliphatic rings. The molecule has 9 nitrogen and oxygen atoms in total. The van der Waals surface area contributed by atoms with E-state index in [2.05, 4.69) is 26.2 Å². The van der Waals surface area contributed by atoms with Gasteiger partial charge >= 0.3 is 11.8 Å². The second-order valence-electron chi connectivity index (χ2n) is 9.18. The molecule has 1 saturated carbocycles. The lowest BCUT2D eigenvalue weighted by molar-refractivity contribution is 0.112. The number of fused-ring (bicyclic) bond motifs is 1. The number of rotatable bonds is 5. The van der Waals surface area contributed by atoms with Crippen LogP contribution in [-0.2, 0) is 0 Å². The first-order valence-corrected chi connectivity index (χ1v) is 12.7. The zero-order valence-electron chi connectivity index (χ0n) is 19.9. The summed E-state index contributed by atoms with van der Waals surface area (Å²) >= 11 is 3.49. The van der Waals surface area contributed by atoms with Crippen LogP contribution in [0, 0.1) is 5.82 Å². The lowest BCUT2D eigenvalue weighted by Gasteiger charge is -2.29. The average molecular weight is 581 g/mol. The van der Waals surface area contributed by atoms with Crippen molar-refractivity contribution < 1.29 is 19.1 Å². The molecule has 5 rings (SSSR count). The van der Waals surface area contributed by atoms with E-state index in [0.29, 0.717) is 41.4 Å². The summed E-state index contributed by atoms with van der Waals surface area (Å²) < 4.78 is 17.3. The molecule has 2 heterocycles. The predicted octanol–water partition coefficient (Wildman–Crippen LogP) is 4.68. The standard InChI is InChI=1S/C27H22BrFN4O5/c28-23-10-15(14-34)4-9-21(23)16-2-1-3-20(11-16)32-24-22(12-17(29)13-30-24)25(35)33(27(32)38)19-7-5-18(6-8-19)31-26(36)37/h1-4,9-14,18-19,31H,5-8H2,(H,36,37)/t18-,19+. The van der Waals surface area contributed by atoms with Crippen molar-refractivity contribution in [2.45, 2.75) is 37.8 Å². The number of carbonyl (C=O) groups excluding carboxylic acids is 1. The monoisotopic (exact) mass is 580 g/mol. The smallest absolute Gasteiger partial charge is 0.404 e. The molecule has 0 atom stereocenters. The molecule has 1 amide bonds. The van der Waals surface area contributed by atoms with Crippen LogP contribution >= 0.6 is 15.9 Å². The topological polar surface area (TPSA) is 123 Å². The van der Waals surface area contributed by atoms with Gasteiger partial charge < -0.3 is 10.4 Å². The molecule has 0 radical (unpaired) electrons. The van der Waals surface area contributed by atoms with Gasteiger partial charge in [-0.2, -0.15) is 0 Å². The van der Waals surface area contributed by atoms with E-state index in [-0.39, 0.29) is 17.1 Å². The van der Waals surface area contributed by atoms with Gasteiger partial charge in [-0.1, -0.05) is 40.2 Å². The van der Waals surface area contributed by atoms with Gasteiger partial charge in [0.25, 0.3) is 5.56 Å². The second kappa shape index (κ2) is 10.3. The Bertz CT molecular complexity index is 1690. The van der Waals surface area contributed by atoms with Crippen molar-refractivity contribution >= 4 is 39.3 Å². The van der Waals surface area contributed by atoms with Gasteiger partial charge in [-0.05, 0) is 61.1 Å². The zero-order chi connectivity index (χ0) is 27.0. The number of pyridine rings is 1. The summed E-state index contributed by atoms with van der Waals surface area (Å²) in [6.45, 7) is 0. The summed E-state index contributed by atoms with van der Waals surface area (Å²) in [6, 6.07) is 12.6. The van der Waals surface area contributed by atoms with Crippen LogP contribution in [0.15, 0.2) is 68.8 Å². The number of nitrogens with zero attached hydrogens (tertiary/aromatic N) is 3. The number of amides is 1. The second-order valence-corrected chi connectivity index (χ2v) is 10.0. The predicted molar refractivity (Wildman–Crippen MR) is 143 cm³/mol. The first-order chi connectivity index (χ1) is 18.3. The molecule has 0 saturated heterocycles. The Morgan fingerprint density at radius 3 is 2.55 bits per heavy atom. The van der Waals surface area contributed by atoms with Gasteiger partial charge in [0.05, 0.1) is 17.3 Å². The van der Waals surface area contributed by atoms with Gasteiger partial charge in [-0.15, -0.1) is 0 Å². The highest BCUT2D eigenvalue weighted by Crippen LogP contribution is 2.31. The Morgan fingerprint density at radius 1 is 1.11 bits per heavy atom. The number of benzene rings is 2. The Hall–Kier alpha value is -4.12. The molecule has 2 aromatic heterocycles. The van der Waals surface area contributed by atoms with Crippen molar-refractivity contribution in [3.05, 3.63) is 91.4 Å². The number of hydrogen-bond donors (Lipinski definition) is 2. The molecule has 1 fully saturated rings. The summed E-state index contributed by atoms with van der Waals surface area (Å²) in [5, 5.41) is 11.4. The Kier molecular flexibility index (Phi) is 6.94. The van der Waals surface area contributed by atoms with E-state index in [1.54, 1.807) is 36.4 Å². The maximum absolute atomic E-state index is 14.2. The Morgan fingerprint density at radius 2 is 1.87 bits per heavy atom. The Balaban J connectivity index is 1.66. The molecule has 0 unspecified atom stereocenters. The molecule has 1 aliphatic carbocycles. The van der Waals surface area contributed by atoms with Crippen molar-refractivity contribution in [2.24, 2.45) is 0 Å². The molecule has 4 aromatic rings. The third-order valence-corrected chi connectivity index (χ3v) is 7.48. The van der Waals surface area contributed by atoms with E-state index in [1.807, 2.05) is 6.07 Å². The highest BCUT2D eigenvalue weighted by molar-refractivity contribution is 9.10. The van der Waals surface area contributed by atoms with Crippen LogP contribution in [0.5, 0.6) is 0 Å². The number of carboxylic acid groups (broad SMARTS) is 1. The fourth-order valence-corrected chi connectivity index (χ4v) is 5.67. The van der Waals surface area contributed by atoms with Crippen LogP contribution in [-0.4, -0.2) is 37.6 Å². The SMILES string of the molecule is O=Cc1ccc(-c2cccc(-n3c(=O)n([C@H]4CC[C@@H](NC(=O)O)CC4)c(=O)c4cc(F)cnc43)c2)c(Br)c1. The third-order valence-electron chi connectivity index (χ3n) is 6.83. The number of halogens is 2. The molecular formula is C27H22BrFN4O5. The highest BCUT2D eigenvalue weighted by atomic mass is 79.9. The van der Waals surface area contributed by atoms with Crippen LogP contribution < -0.4 is 16.6 Å². The molecule has 2 aromatic carbocycles. The number of aromatic nitrogens is 3. The van der Waals surface area contributed by atoms with Crippen molar-refractivity contribution in [2.75, 3.05) is 0 Å². The van der Waals surface area contributed by atoms with Crippen molar-refractivity contribution in [1.29, 1.82) is 0 Å². The minimum absolute atomic E-state index is 0.0303. The first kappa shape index (κ1) is 25.5. The molecule has 0 aliphatic heterocycles. The van der Waals surface area contributed by atoms with E-state index in [9.17, 15) is 23.6 Å². The van der Waals surface area contributed by atoms with E-state index in [4.69, 9.17) is 5.11 Å². The fraction of sp³-hybridized carbons (Fsp3) is 0.222. The van der Waals surface area contributed by atoms with E-state index in [1.165, 1.54) is 4.57 Å².